The Morgan fingerprint density at radius 1 is 1.04 bits per heavy atom. The van der Waals surface area contributed by atoms with E-state index in [0.29, 0.717) is 61.7 Å². The number of amides is 4. The number of carbonyl (C=O) groups is 4. The number of nitrogens with one attached hydrogen (secondary N) is 3. The minimum atomic E-state index is -0.636. The maximum absolute atomic E-state index is 12.9. The average molecular weight is 638 g/mol. The van der Waals surface area contributed by atoms with Gasteiger partial charge in [-0.2, -0.15) is 0 Å². The number of fused-ring (bicyclic) bond motifs is 2. The number of nitrogens with zero attached hydrogens (tertiary/aromatic N) is 4. The molecule has 3 aliphatic rings. The lowest BCUT2D eigenvalue weighted by Gasteiger charge is -2.32. The van der Waals surface area contributed by atoms with Crippen molar-refractivity contribution in [3.8, 4) is 5.75 Å². The molecule has 2 aromatic carbocycles. The fourth-order valence-corrected chi connectivity index (χ4v) is 6.33. The van der Waals surface area contributed by atoms with Gasteiger partial charge in [-0.05, 0) is 74.4 Å². The molecule has 3 aliphatic heterocycles. The molecule has 2 saturated heterocycles. The van der Waals surface area contributed by atoms with Crippen molar-refractivity contribution in [2.75, 3.05) is 19.7 Å². The van der Waals surface area contributed by atoms with E-state index in [1.54, 1.807) is 18.3 Å². The number of imide groups is 1. The number of para-hydroxylation sites is 2. The Morgan fingerprint density at radius 2 is 1.85 bits per heavy atom. The second-order valence-corrected chi connectivity index (χ2v) is 12.2. The summed E-state index contributed by atoms with van der Waals surface area (Å²) >= 11 is 0. The molecule has 0 aliphatic carbocycles. The van der Waals surface area contributed by atoms with Gasteiger partial charge in [0.2, 0.25) is 17.7 Å². The molecule has 4 amide bonds. The van der Waals surface area contributed by atoms with E-state index in [-0.39, 0.29) is 30.2 Å². The molecule has 1 unspecified atom stereocenters. The monoisotopic (exact) mass is 637 g/mol. The van der Waals surface area contributed by atoms with Crippen LogP contribution in [0.3, 0.4) is 0 Å². The first-order chi connectivity index (χ1) is 22.9. The molecule has 1 atom stereocenters. The van der Waals surface area contributed by atoms with E-state index >= 15 is 0 Å². The molecule has 12 heteroatoms. The fourth-order valence-electron chi connectivity index (χ4n) is 6.33. The molecule has 244 valence electrons. The normalized spacial score (nSPS) is 18.7. The van der Waals surface area contributed by atoms with Crippen molar-refractivity contribution in [1.29, 1.82) is 5.41 Å². The fraction of sp³-hybridized carbons (Fsp3) is 0.400. The first-order valence-electron chi connectivity index (χ1n) is 16.3. The number of unbranched alkanes of at least 4 members (excludes halogenated alkanes) is 2. The second kappa shape index (κ2) is 14.5. The number of likely N-dealkylation sites (tertiary alicyclic amines) is 1. The topological polar surface area (TPSA) is 158 Å². The standard InChI is InChI=1S/C35H39N7O5/c36-19-24(30-21-38-28-6-3-4-7-29(28)39-30)20-37-25-13-15-41(16-14-25)33(44)8-2-1-5-17-47-26-9-10-27-23(18-26)22-42(35(27)46)31-11-12-32(43)40-34(31)45/h3-4,6-7,9-10,18-21,25,31,36-37H,1-2,5,8,11-17,22H2,(H,40,43,45)/b24-20+,36-19?. The maximum Gasteiger partial charge on any atom is 0.255 e. The van der Waals surface area contributed by atoms with Gasteiger partial charge in [-0.3, -0.25) is 29.5 Å². The highest BCUT2D eigenvalue weighted by Gasteiger charge is 2.39. The molecule has 0 spiro atoms. The van der Waals surface area contributed by atoms with Gasteiger partial charge in [0.05, 0.1) is 29.5 Å². The van der Waals surface area contributed by atoms with Crippen LogP contribution in [0.15, 0.2) is 54.9 Å². The predicted octanol–water partition coefficient (Wildman–Crippen LogP) is 3.60. The number of piperidine rings is 2. The minimum Gasteiger partial charge on any atom is -0.494 e. The van der Waals surface area contributed by atoms with Crippen LogP contribution in [0.4, 0.5) is 0 Å². The molecule has 3 N–H and O–H groups in total. The summed E-state index contributed by atoms with van der Waals surface area (Å²) in [5, 5.41) is 13.6. The lowest BCUT2D eigenvalue weighted by atomic mass is 10.0. The lowest BCUT2D eigenvalue weighted by molar-refractivity contribution is -0.137. The molecule has 1 aromatic heterocycles. The summed E-state index contributed by atoms with van der Waals surface area (Å²) in [6.07, 6.45) is 9.99. The van der Waals surface area contributed by atoms with Crippen LogP contribution < -0.4 is 15.4 Å². The van der Waals surface area contributed by atoms with Gasteiger partial charge in [-0.15, -0.1) is 0 Å². The number of hydrogen-bond acceptors (Lipinski definition) is 9. The van der Waals surface area contributed by atoms with Gasteiger partial charge in [0.15, 0.2) is 0 Å². The molecule has 0 bridgehead atoms. The molecule has 0 saturated carbocycles. The molecule has 6 rings (SSSR count). The predicted molar refractivity (Wildman–Crippen MR) is 175 cm³/mol. The van der Waals surface area contributed by atoms with Crippen LogP contribution in [0.2, 0.25) is 0 Å². The highest BCUT2D eigenvalue weighted by atomic mass is 16.5. The number of hydrogen-bond donors (Lipinski definition) is 3. The number of carbonyl (C=O) groups excluding carboxylic acids is 4. The van der Waals surface area contributed by atoms with Crippen LogP contribution in [0, 0.1) is 5.41 Å². The Kier molecular flexibility index (Phi) is 9.84. The highest BCUT2D eigenvalue weighted by Crippen LogP contribution is 2.30. The molecule has 2 fully saturated rings. The molecular formula is C35H39N7O5. The summed E-state index contributed by atoms with van der Waals surface area (Å²) in [6, 6.07) is 12.6. The third-order valence-electron chi connectivity index (χ3n) is 9.02. The van der Waals surface area contributed by atoms with Gasteiger partial charge in [-0.25, -0.2) is 4.98 Å². The smallest absolute Gasteiger partial charge is 0.255 e. The van der Waals surface area contributed by atoms with Crippen LogP contribution in [-0.4, -0.2) is 81.4 Å². The average Bonchev–Trinajstić information content (AvgIpc) is 3.41. The van der Waals surface area contributed by atoms with Gasteiger partial charge in [0.1, 0.15) is 11.8 Å². The van der Waals surface area contributed by atoms with Gasteiger partial charge >= 0.3 is 0 Å². The first kappa shape index (κ1) is 31.8. The van der Waals surface area contributed by atoms with Crippen molar-refractivity contribution in [1.82, 2.24) is 30.4 Å². The highest BCUT2D eigenvalue weighted by molar-refractivity contribution is 6.07. The summed E-state index contributed by atoms with van der Waals surface area (Å²) in [6.45, 7) is 2.22. The zero-order valence-electron chi connectivity index (χ0n) is 26.2. The van der Waals surface area contributed by atoms with Crippen molar-refractivity contribution >= 4 is 46.4 Å². The zero-order chi connectivity index (χ0) is 32.8. The molecular weight excluding hydrogens is 598 g/mol. The summed E-state index contributed by atoms with van der Waals surface area (Å²) < 4.78 is 5.93. The zero-order valence-corrected chi connectivity index (χ0v) is 26.2. The van der Waals surface area contributed by atoms with Crippen LogP contribution in [-0.2, 0) is 20.9 Å². The Morgan fingerprint density at radius 3 is 2.64 bits per heavy atom. The number of ether oxygens (including phenoxy) is 1. The number of rotatable bonds is 12. The third kappa shape index (κ3) is 7.48. The SMILES string of the molecule is N=C/C(=C\NC1CCN(C(=O)CCCCCOc2ccc3c(c2)CN(C2CCC(=O)NC2=O)C3=O)CC1)c1cnc2ccccc2n1. The van der Waals surface area contributed by atoms with Crippen LogP contribution in [0.1, 0.15) is 73.0 Å². The van der Waals surface area contributed by atoms with Crippen molar-refractivity contribution < 1.29 is 23.9 Å². The Balaban J connectivity index is 0.876. The van der Waals surface area contributed by atoms with E-state index in [1.807, 2.05) is 41.4 Å². The minimum absolute atomic E-state index is 0.176. The third-order valence-corrected chi connectivity index (χ3v) is 9.02. The molecule has 4 heterocycles. The maximum atomic E-state index is 12.9. The van der Waals surface area contributed by atoms with Crippen molar-refractivity contribution in [3.05, 3.63) is 71.7 Å². The lowest BCUT2D eigenvalue weighted by Crippen LogP contribution is -2.52. The van der Waals surface area contributed by atoms with Gasteiger partial charge in [0, 0.05) is 62.1 Å². The first-order valence-corrected chi connectivity index (χ1v) is 16.3. The van der Waals surface area contributed by atoms with Crippen LogP contribution in [0.25, 0.3) is 16.6 Å². The van der Waals surface area contributed by atoms with Crippen LogP contribution in [0.5, 0.6) is 5.75 Å². The summed E-state index contributed by atoms with van der Waals surface area (Å²) in [4.78, 5) is 62.0. The largest absolute Gasteiger partial charge is 0.494 e. The summed E-state index contributed by atoms with van der Waals surface area (Å²) in [7, 11) is 0. The van der Waals surface area contributed by atoms with Crippen molar-refractivity contribution in [2.24, 2.45) is 0 Å². The van der Waals surface area contributed by atoms with Crippen molar-refractivity contribution in [3.63, 3.8) is 0 Å². The molecule has 3 aromatic rings. The number of allylic oxidation sites excluding steroid dienone is 1. The number of aromatic nitrogens is 2. The quantitative estimate of drug-likeness (QED) is 0.154. The van der Waals surface area contributed by atoms with E-state index < -0.39 is 11.9 Å². The Labute approximate surface area is 273 Å². The van der Waals surface area contributed by atoms with E-state index in [4.69, 9.17) is 10.1 Å². The van der Waals surface area contributed by atoms with E-state index in [2.05, 4.69) is 20.6 Å². The van der Waals surface area contributed by atoms with Gasteiger partial charge in [0.25, 0.3) is 5.91 Å². The van der Waals surface area contributed by atoms with Gasteiger partial charge in [-0.1, -0.05) is 12.1 Å². The Hall–Kier alpha value is -5.13. The van der Waals surface area contributed by atoms with E-state index in [1.165, 1.54) is 11.1 Å². The molecule has 47 heavy (non-hydrogen) atoms. The molecule has 12 nitrogen and oxygen atoms in total. The summed E-state index contributed by atoms with van der Waals surface area (Å²) in [5.41, 5.74) is 4.28. The van der Waals surface area contributed by atoms with E-state index in [9.17, 15) is 19.2 Å². The molecule has 0 radical (unpaired) electrons. The summed E-state index contributed by atoms with van der Waals surface area (Å²) in [5.74, 6) is -0.0831. The van der Waals surface area contributed by atoms with Crippen molar-refractivity contribution in [2.45, 2.75) is 70.0 Å². The van der Waals surface area contributed by atoms with Gasteiger partial charge < -0.3 is 25.3 Å². The Bertz CT molecular complexity index is 1720. The van der Waals surface area contributed by atoms with E-state index in [0.717, 1.165) is 48.7 Å². The second-order valence-electron chi connectivity index (χ2n) is 12.2. The number of benzene rings is 2. The van der Waals surface area contributed by atoms with Crippen LogP contribution >= 0.6 is 0 Å².